The summed E-state index contributed by atoms with van der Waals surface area (Å²) in [5, 5.41) is 13.9. The number of nitrogens with zero attached hydrogens (tertiary/aromatic N) is 3. The first-order valence-corrected chi connectivity index (χ1v) is 9.94. The third-order valence-electron chi connectivity index (χ3n) is 4.33. The lowest BCUT2D eigenvalue weighted by Crippen LogP contribution is -2.12. The topological polar surface area (TPSA) is 84.8 Å². The van der Waals surface area contributed by atoms with Crippen LogP contribution < -0.4 is 10.1 Å². The molecule has 10 heteroatoms. The zero-order valence-electron chi connectivity index (χ0n) is 15.9. The van der Waals surface area contributed by atoms with Gasteiger partial charge < -0.3 is 10.1 Å². The third-order valence-corrected chi connectivity index (χ3v) is 4.74. The van der Waals surface area contributed by atoms with Gasteiger partial charge in [-0.2, -0.15) is 19.0 Å². The number of carbonyl (C=O) groups excluding carboxylic acids is 1. The lowest BCUT2D eigenvalue weighted by molar-refractivity contribution is -0.0498. The molecule has 0 unspecified atom stereocenters. The molecule has 2 aromatic carbocycles. The molecule has 0 aliphatic carbocycles. The average Bonchev–Trinajstić information content (AvgIpc) is 3.38. The normalized spacial score (nSPS) is 11.0. The molecule has 4 aromatic rings. The molecule has 0 atom stereocenters. The van der Waals surface area contributed by atoms with Crippen molar-refractivity contribution in [2.75, 3.05) is 5.32 Å². The first-order chi connectivity index (χ1) is 15.0. The first kappa shape index (κ1) is 20.7. The summed E-state index contributed by atoms with van der Waals surface area (Å²) in [7, 11) is 0. The van der Waals surface area contributed by atoms with E-state index < -0.39 is 6.61 Å². The Morgan fingerprint density at radius 2 is 2.00 bits per heavy atom. The summed E-state index contributed by atoms with van der Waals surface area (Å²) in [6, 6.07) is 15.1. The second kappa shape index (κ2) is 9.09. The molecule has 0 bridgehead atoms. The zero-order chi connectivity index (χ0) is 21.8. The molecule has 2 heterocycles. The van der Waals surface area contributed by atoms with E-state index >= 15 is 0 Å². The van der Waals surface area contributed by atoms with Gasteiger partial charge in [0.15, 0.2) is 0 Å². The smallest absolute Gasteiger partial charge is 0.387 e. The number of nitrogens with one attached hydrogen (secondary N) is 2. The van der Waals surface area contributed by atoms with Crippen LogP contribution in [-0.4, -0.2) is 32.5 Å². The average molecular weight is 488 g/mol. The van der Waals surface area contributed by atoms with Gasteiger partial charge in [-0.3, -0.25) is 14.6 Å². The van der Waals surface area contributed by atoms with Crippen LogP contribution in [0, 0.1) is 0 Å². The summed E-state index contributed by atoms with van der Waals surface area (Å²) in [5.74, 6) is -0.301. The van der Waals surface area contributed by atoms with Gasteiger partial charge in [0.05, 0.1) is 22.9 Å². The molecule has 0 aliphatic rings. The van der Waals surface area contributed by atoms with E-state index in [1.165, 1.54) is 12.1 Å². The largest absolute Gasteiger partial charge is 0.435 e. The van der Waals surface area contributed by atoms with Crippen LogP contribution in [-0.2, 0) is 6.54 Å². The van der Waals surface area contributed by atoms with Gasteiger partial charge >= 0.3 is 6.61 Å². The minimum absolute atomic E-state index is 0.0506. The standard InChI is InChI=1S/C21H16BrF2N5O2/c22-15-10-25-29(12-15)11-13-2-1-3-16(8-13)26-20(30)19-9-18(27-28-19)14-4-6-17(7-5-14)31-21(23)24/h1-10,12,21H,11H2,(H,26,30)(H,27,28). The van der Waals surface area contributed by atoms with Crippen molar-refractivity contribution in [2.45, 2.75) is 13.2 Å². The maximum Gasteiger partial charge on any atom is 0.387 e. The zero-order valence-corrected chi connectivity index (χ0v) is 17.5. The molecule has 0 aliphatic heterocycles. The molecular weight excluding hydrogens is 472 g/mol. The fraction of sp³-hybridized carbons (Fsp3) is 0.0952. The number of ether oxygens (including phenoxy) is 1. The molecule has 0 fully saturated rings. The molecule has 1 amide bonds. The third kappa shape index (κ3) is 5.34. The maximum absolute atomic E-state index is 12.6. The van der Waals surface area contributed by atoms with Crippen LogP contribution in [0.1, 0.15) is 16.1 Å². The summed E-state index contributed by atoms with van der Waals surface area (Å²) < 4.78 is 31.5. The van der Waals surface area contributed by atoms with Crippen LogP contribution in [0.2, 0.25) is 0 Å². The second-order valence-electron chi connectivity index (χ2n) is 6.58. The van der Waals surface area contributed by atoms with Gasteiger partial charge in [-0.05, 0) is 64.0 Å². The van der Waals surface area contributed by atoms with Gasteiger partial charge in [-0.15, -0.1) is 0 Å². The van der Waals surface area contributed by atoms with E-state index in [0.717, 1.165) is 10.0 Å². The van der Waals surface area contributed by atoms with E-state index in [9.17, 15) is 13.6 Å². The summed E-state index contributed by atoms with van der Waals surface area (Å²) in [6.45, 7) is -2.32. The van der Waals surface area contributed by atoms with Crippen molar-refractivity contribution < 1.29 is 18.3 Å². The number of H-pyrrole nitrogens is 1. The minimum atomic E-state index is -2.88. The van der Waals surface area contributed by atoms with Gasteiger partial charge in [0.25, 0.3) is 5.91 Å². The Bertz CT molecular complexity index is 1190. The van der Waals surface area contributed by atoms with Crippen molar-refractivity contribution in [1.29, 1.82) is 0 Å². The Labute approximate surface area is 184 Å². The van der Waals surface area contributed by atoms with Gasteiger partial charge in [0.1, 0.15) is 11.4 Å². The number of aromatic amines is 1. The first-order valence-electron chi connectivity index (χ1n) is 9.15. The second-order valence-corrected chi connectivity index (χ2v) is 7.50. The van der Waals surface area contributed by atoms with Crippen LogP contribution in [0.3, 0.4) is 0 Å². The molecular formula is C21H16BrF2N5O2. The highest BCUT2D eigenvalue weighted by atomic mass is 79.9. The van der Waals surface area contributed by atoms with E-state index in [1.807, 2.05) is 24.4 Å². The summed E-state index contributed by atoms with van der Waals surface area (Å²) in [5.41, 5.74) is 3.04. The Morgan fingerprint density at radius 1 is 1.19 bits per heavy atom. The van der Waals surface area contributed by atoms with Gasteiger partial charge in [-0.1, -0.05) is 12.1 Å². The van der Waals surface area contributed by atoms with Crippen molar-refractivity contribution in [3.05, 3.63) is 82.7 Å². The number of hydrogen-bond donors (Lipinski definition) is 2. The molecule has 2 N–H and O–H groups in total. The molecule has 31 heavy (non-hydrogen) atoms. The monoisotopic (exact) mass is 487 g/mol. The minimum Gasteiger partial charge on any atom is -0.435 e. The van der Waals surface area contributed by atoms with Gasteiger partial charge in [-0.25, -0.2) is 0 Å². The van der Waals surface area contributed by atoms with Crippen molar-refractivity contribution in [2.24, 2.45) is 0 Å². The molecule has 7 nitrogen and oxygen atoms in total. The highest BCUT2D eigenvalue weighted by molar-refractivity contribution is 9.10. The van der Waals surface area contributed by atoms with E-state index in [1.54, 1.807) is 35.1 Å². The fourth-order valence-electron chi connectivity index (χ4n) is 2.95. The van der Waals surface area contributed by atoms with Crippen LogP contribution in [0.5, 0.6) is 5.75 Å². The molecule has 0 saturated heterocycles. The number of hydrogen-bond acceptors (Lipinski definition) is 4. The number of alkyl halides is 2. The van der Waals surface area contributed by atoms with Gasteiger partial charge in [0.2, 0.25) is 0 Å². The summed E-state index contributed by atoms with van der Waals surface area (Å²) in [6.07, 6.45) is 3.57. The maximum atomic E-state index is 12.6. The molecule has 0 spiro atoms. The Kier molecular flexibility index (Phi) is 6.08. The number of anilines is 1. The Morgan fingerprint density at radius 3 is 2.71 bits per heavy atom. The molecule has 0 saturated carbocycles. The SMILES string of the molecule is O=C(Nc1cccc(Cn2cc(Br)cn2)c1)c1cc(-c2ccc(OC(F)F)cc2)n[nH]1. The van der Waals surface area contributed by atoms with E-state index in [0.29, 0.717) is 23.5 Å². The van der Waals surface area contributed by atoms with Gasteiger partial charge in [0, 0.05) is 17.4 Å². The Hall–Kier alpha value is -3.53. The number of halogens is 3. The predicted molar refractivity (Wildman–Crippen MR) is 114 cm³/mol. The van der Waals surface area contributed by atoms with E-state index in [4.69, 9.17) is 0 Å². The quantitative estimate of drug-likeness (QED) is 0.386. The van der Waals surface area contributed by atoms with Crippen molar-refractivity contribution in [1.82, 2.24) is 20.0 Å². The molecule has 2 aromatic heterocycles. The highest BCUT2D eigenvalue weighted by Gasteiger charge is 2.12. The van der Waals surface area contributed by atoms with Crippen molar-refractivity contribution in [3.63, 3.8) is 0 Å². The molecule has 0 radical (unpaired) electrons. The highest BCUT2D eigenvalue weighted by Crippen LogP contribution is 2.23. The summed E-state index contributed by atoms with van der Waals surface area (Å²) >= 11 is 3.36. The van der Waals surface area contributed by atoms with Crippen molar-refractivity contribution in [3.8, 4) is 17.0 Å². The van der Waals surface area contributed by atoms with Crippen LogP contribution in [0.15, 0.2) is 71.5 Å². The lowest BCUT2D eigenvalue weighted by Gasteiger charge is -2.07. The predicted octanol–water partition coefficient (Wildman–Crippen LogP) is 4.94. The number of benzene rings is 2. The van der Waals surface area contributed by atoms with Crippen molar-refractivity contribution >= 4 is 27.5 Å². The lowest BCUT2D eigenvalue weighted by atomic mass is 10.1. The van der Waals surface area contributed by atoms with Crippen LogP contribution in [0.25, 0.3) is 11.3 Å². The number of carbonyl (C=O) groups is 1. The van der Waals surface area contributed by atoms with E-state index in [-0.39, 0.29) is 17.4 Å². The van der Waals surface area contributed by atoms with Crippen LogP contribution in [0.4, 0.5) is 14.5 Å². The van der Waals surface area contributed by atoms with E-state index in [2.05, 4.69) is 41.3 Å². The Balaban J connectivity index is 1.42. The number of amides is 1. The number of aromatic nitrogens is 4. The fourth-order valence-corrected chi connectivity index (χ4v) is 3.28. The molecule has 4 rings (SSSR count). The number of rotatable bonds is 7. The summed E-state index contributed by atoms with van der Waals surface area (Å²) in [4.78, 5) is 12.6. The molecule has 158 valence electrons. The van der Waals surface area contributed by atoms with Crippen LogP contribution >= 0.6 is 15.9 Å².